The van der Waals surface area contributed by atoms with E-state index in [1.165, 1.54) is 16.2 Å². The van der Waals surface area contributed by atoms with Crippen LogP contribution in [0, 0.1) is 13.8 Å². The van der Waals surface area contributed by atoms with Crippen molar-refractivity contribution in [3.63, 3.8) is 0 Å². The van der Waals surface area contributed by atoms with E-state index in [9.17, 15) is 9.59 Å². The summed E-state index contributed by atoms with van der Waals surface area (Å²) in [7, 11) is 1.58. The van der Waals surface area contributed by atoms with Gasteiger partial charge in [-0.15, -0.1) is 11.3 Å². The fourth-order valence-corrected chi connectivity index (χ4v) is 4.14. The maximum absolute atomic E-state index is 12.7. The lowest BCUT2D eigenvalue weighted by Gasteiger charge is -2.17. The molecular formula is C23H21N3O3S. The van der Waals surface area contributed by atoms with Gasteiger partial charge < -0.3 is 14.6 Å². The normalized spacial score (nSPS) is 10.9. The van der Waals surface area contributed by atoms with Crippen LogP contribution in [0.5, 0.6) is 0 Å². The van der Waals surface area contributed by atoms with E-state index in [0.29, 0.717) is 10.8 Å². The molecule has 4 rings (SSSR count). The highest BCUT2D eigenvalue weighted by Gasteiger charge is 2.20. The minimum atomic E-state index is -0.362. The number of amides is 2. The zero-order valence-corrected chi connectivity index (χ0v) is 17.7. The number of anilines is 1. The molecule has 0 bridgehead atoms. The van der Waals surface area contributed by atoms with Crippen LogP contribution in [0.15, 0.2) is 59.0 Å². The van der Waals surface area contributed by atoms with Gasteiger partial charge in [0.15, 0.2) is 16.5 Å². The van der Waals surface area contributed by atoms with Crippen molar-refractivity contribution in [2.24, 2.45) is 0 Å². The van der Waals surface area contributed by atoms with E-state index in [0.717, 1.165) is 27.0 Å². The average Bonchev–Trinajstić information content (AvgIpc) is 3.37. The van der Waals surface area contributed by atoms with E-state index in [1.807, 2.05) is 56.3 Å². The van der Waals surface area contributed by atoms with E-state index >= 15 is 0 Å². The number of aryl methyl sites for hydroxylation is 2. The first-order chi connectivity index (χ1) is 14.4. The Morgan fingerprint density at radius 1 is 1.03 bits per heavy atom. The van der Waals surface area contributed by atoms with Gasteiger partial charge in [-0.3, -0.25) is 9.59 Å². The Morgan fingerprint density at radius 3 is 2.50 bits per heavy atom. The Bertz CT molecular complexity index is 1190. The summed E-state index contributed by atoms with van der Waals surface area (Å²) in [4.78, 5) is 31.0. The summed E-state index contributed by atoms with van der Waals surface area (Å²) in [5.41, 5.74) is 3.62. The summed E-state index contributed by atoms with van der Waals surface area (Å²) in [6, 6.07) is 17.0. The van der Waals surface area contributed by atoms with Gasteiger partial charge in [-0.2, -0.15) is 0 Å². The highest BCUT2D eigenvalue weighted by Crippen LogP contribution is 2.31. The standard InChI is InChI=1S/C23H21N3O3S/c1-14-7-6-8-15(2)21(14)25-20(27)13-26(3)23(28)18-12-11-17(29-18)22-24-16-9-4-5-10-19(16)30-22/h4-12H,13H2,1-3H3,(H,25,27). The number of carbonyl (C=O) groups is 2. The number of aromatic nitrogens is 1. The monoisotopic (exact) mass is 419 g/mol. The number of hydrogen-bond donors (Lipinski definition) is 1. The maximum Gasteiger partial charge on any atom is 0.289 e. The van der Waals surface area contributed by atoms with E-state index in [4.69, 9.17) is 4.42 Å². The van der Waals surface area contributed by atoms with E-state index in [-0.39, 0.29) is 24.1 Å². The van der Waals surface area contributed by atoms with Crippen molar-refractivity contribution in [1.82, 2.24) is 9.88 Å². The van der Waals surface area contributed by atoms with Gasteiger partial charge in [-0.25, -0.2) is 4.98 Å². The number of thiazole rings is 1. The molecule has 0 fully saturated rings. The number of carbonyl (C=O) groups excluding carboxylic acids is 2. The third-order valence-corrected chi connectivity index (χ3v) is 5.85. The van der Waals surface area contributed by atoms with Gasteiger partial charge in [0, 0.05) is 12.7 Å². The molecule has 0 saturated heterocycles. The number of nitrogens with one attached hydrogen (secondary N) is 1. The molecule has 0 unspecified atom stereocenters. The Morgan fingerprint density at radius 2 is 1.77 bits per heavy atom. The zero-order valence-electron chi connectivity index (χ0n) is 16.9. The largest absolute Gasteiger partial charge is 0.448 e. The van der Waals surface area contributed by atoms with Gasteiger partial charge in [0.25, 0.3) is 5.91 Å². The van der Waals surface area contributed by atoms with Crippen LogP contribution in [0.4, 0.5) is 5.69 Å². The maximum atomic E-state index is 12.7. The second kappa shape index (κ2) is 8.12. The molecule has 0 spiro atoms. The van der Waals surface area contributed by atoms with Crippen molar-refractivity contribution in [2.75, 3.05) is 18.9 Å². The SMILES string of the molecule is Cc1cccc(C)c1NC(=O)CN(C)C(=O)c1ccc(-c2nc3ccccc3s2)o1. The minimum Gasteiger partial charge on any atom is -0.448 e. The first kappa shape index (κ1) is 19.8. The first-order valence-corrected chi connectivity index (χ1v) is 10.3. The lowest BCUT2D eigenvalue weighted by molar-refractivity contribution is -0.116. The number of fused-ring (bicyclic) bond motifs is 1. The molecule has 0 saturated carbocycles. The molecule has 2 aromatic carbocycles. The molecule has 0 radical (unpaired) electrons. The highest BCUT2D eigenvalue weighted by atomic mass is 32.1. The van der Waals surface area contributed by atoms with Crippen molar-refractivity contribution in [3.8, 4) is 10.8 Å². The number of likely N-dealkylation sites (N-methyl/N-ethyl adjacent to an activating group) is 1. The molecule has 0 aliphatic rings. The lowest BCUT2D eigenvalue weighted by Crippen LogP contribution is -2.35. The van der Waals surface area contributed by atoms with Crippen LogP contribution in [-0.2, 0) is 4.79 Å². The molecule has 2 aromatic heterocycles. The number of furan rings is 1. The van der Waals surface area contributed by atoms with Gasteiger partial charge in [0.1, 0.15) is 0 Å². The van der Waals surface area contributed by atoms with Gasteiger partial charge in [0.05, 0.1) is 16.8 Å². The summed E-state index contributed by atoms with van der Waals surface area (Å²) in [6.45, 7) is 3.79. The quantitative estimate of drug-likeness (QED) is 0.500. The predicted molar refractivity (Wildman–Crippen MR) is 119 cm³/mol. The second-order valence-electron chi connectivity index (χ2n) is 7.13. The van der Waals surface area contributed by atoms with Crippen LogP contribution in [-0.4, -0.2) is 35.3 Å². The zero-order chi connectivity index (χ0) is 21.3. The Hall–Kier alpha value is -3.45. The first-order valence-electron chi connectivity index (χ1n) is 9.49. The molecule has 0 atom stereocenters. The van der Waals surface area contributed by atoms with Crippen LogP contribution in [0.3, 0.4) is 0 Å². The highest BCUT2D eigenvalue weighted by molar-refractivity contribution is 7.21. The van der Waals surface area contributed by atoms with Gasteiger partial charge in [-0.05, 0) is 49.2 Å². The molecule has 0 aliphatic carbocycles. The fraction of sp³-hybridized carbons (Fsp3) is 0.174. The van der Waals surface area contributed by atoms with Crippen LogP contribution >= 0.6 is 11.3 Å². The van der Waals surface area contributed by atoms with E-state index in [1.54, 1.807) is 19.2 Å². The summed E-state index contributed by atoms with van der Waals surface area (Å²) >= 11 is 1.50. The van der Waals surface area contributed by atoms with E-state index < -0.39 is 0 Å². The van der Waals surface area contributed by atoms with E-state index in [2.05, 4.69) is 10.3 Å². The number of rotatable bonds is 5. The van der Waals surface area contributed by atoms with Crippen molar-refractivity contribution in [1.29, 1.82) is 0 Å². The third kappa shape index (κ3) is 3.97. The molecule has 152 valence electrons. The number of benzene rings is 2. The molecule has 30 heavy (non-hydrogen) atoms. The third-order valence-electron chi connectivity index (χ3n) is 4.79. The number of para-hydroxylation sites is 2. The van der Waals surface area contributed by atoms with Gasteiger partial charge in [-0.1, -0.05) is 30.3 Å². The fourth-order valence-electron chi connectivity index (χ4n) is 3.21. The summed E-state index contributed by atoms with van der Waals surface area (Å²) in [6.07, 6.45) is 0. The minimum absolute atomic E-state index is 0.0796. The Labute approximate surface area is 178 Å². The Kier molecular flexibility index (Phi) is 5.37. The Balaban J connectivity index is 1.45. The van der Waals surface area contributed by atoms with Crippen LogP contribution in [0.2, 0.25) is 0 Å². The molecule has 7 heteroatoms. The smallest absolute Gasteiger partial charge is 0.289 e. The summed E-state index contributed by atoms with van der Waals surface area (Å²) < 4.78 is 6.80. The van der Waals surface area contributed by atoms with Crippen LogP contribution < -0.4 is 5.32 Å². The van der Waals surface area contributed by atoms with Crippen molar-refractivity contribution >= 4 is 39.1 Å². The average molecular weight is 420 g/mol. The molecule has 0 aliphatic heterocycles. The molecule has 2 amide bonds. The lowest BCUT2D eigenvalue weighted by atomic mass is 10.1. The molecule has 4 aromatic rings. The van der Waals surface area contributed by atoms with Crippen LogP contribution in [0.1, 0.15) is 21.7 Å². The second-order valence-corrected chi connectivity index (χ2v) is 8.16. The molecular weight excluding hydrogens is 398 g/mol. The molecule has 1 N–H and O–H groups in total. The van der Waals surface area contributed by atoms with Crippen LogP contribution in [0.25, 0.3) is 21.0 Å². The molecule has 6 nitrogen and oxygen atoms in total. The van der Waals surface area contributed by atoms with Crippen molar-refractivity contribution < 1.29 is 14.0 Å². The molecule has 2 heterocycles. The summed E-state index contributed by atoms with van der Waals surface area (Å²) in [5, 5.41) is 3.60. The predicted octanol–water partition coefficient (Wildman–Crippen LogP) is 4.88. The van der Waals surface area contributed by atoms with Crippen molar-refractivity contribution in [2.45, 2.75) is 13.8 Å². The number of hydrogen-bond acceptors (Lipinski definition) is 5. The van der Waals surface area contributed by atoms with Gasteiger partial charge in [0.2, 0.25) is 5.91 Å². The topological polar surface area (TPSA) is 75.4 Å². The van der Waals surface area contributed by atoms with Crippen molar-refractivity contribution in [3.05, 3.63) is 71.5 Å². The van der Waals surface area contributed by atoms with Gasteiger partial charge >= 0.3 is 0 Å². The summed E-state index contributed by atoms with van der Waals surface area (Å²) in [5.74, 6) is 0.0831. The number of nitrogens with zero attached hydrogens (tertiary/aromatic N) is 2.